The third-order valence-corrected chi connectivity index (χ3v) is 3.92. The summed E-state index contributed by atoms with van der Waals surface area (Å²) in [5, 5.41) is 18.9. The molecule has 0 radical (unpaired) electrons. The van der Waals surface area contributed by atoms with Crippen molar-refractivity contribution in [1.29, 1.82) is 0 Å². The van der Waals surface area contributed by atoms with Gasteiger partial charge in [0.2, 0.25) is 0 Å². The molecule has 4 N–H and O–H groups in total. The zero-order chi connectivity index (χ0) is 18.6. The minimum Gasteiger partial charge on any atom is -0.506 e. The molecule has 6 nitrogen and oxygen atoms in total. The van der Waals surface area contributed by atoms with Gasteiger partial charge in [0.25, 0.3) is 0 Å². The third kappa shape index (κ3) is 6.68. The number of rotatable bonds is 5. The molecule has 7 heteroatoms. The first-order valence-electron chi connectivity index (χ1n) is 8.72. The number of nitrogens with one attached hydrogen (secondary N) is 3. The highest BCUT2D eigenvalue weighted by atomic mass is 19.1. The monoisotopic (exact) mass is 359 g/mol. The second-order valence-electron chi connectivity index (χ2n) is 5.90. The van der Waals surface area contributed by atoms with E-state index in [1.54, 1.807) is 12.3 Å². The van der Waals surface area contributed by atoms with Crippen LogP contribution >= 0.6 is 0 Å². The van der Waals surface area contributed by atoms with Crippen LogP contribution in [-0.4, -0.2) is 43.7 Å². The van der Waals surface area contributed by atoms with Crippen molar-refractivity contribution in [2.24, 2.45) is 9.98 Å². The number of allylic oxidation sites excluding steroid dienone is 2. The lowest BCUT2D eigenvalue weighted by atomic mass is 10.0. The van der Waals surface area contributed by atoms with E-state index in [2.05, 4.69) is 32.7 Å². The third-order valence-electron chi connectivity index (χ3n) is 3.92. The van der Waals surface area contributed by atoms with E-state index in [0.29, 0.717) is 30.9 Å². The number of aliphatic hydroxyl groups is 1. The van der Waals surface area contributed by atoms with Gasteiger partial charge in [-0.3, -0.25) is 9.98 Å². The van der Waals surface area contributed by atoms with Crippen LogP contribution in [0.4, 0.5) is 4.39 Å². The van der Waals surface area contributed by atoms with Crippen LogP contribution < -0.4 is 16.0 Å². The fourth-order valence-corrected chi connectivity index (χ4v) is 2.50. The van der Waals surface area contributed by atoms with Crippen molar-refractivity contribution < 1.29 is 9.50 Å². The molecular weight excluding hydrogens is 333 g/mol. The van der Waals surface area contributed by atoms with Crippen molar-refractivity contribution in [3.8, 4) is 0 Å². The zero-order valence-corrected chi connectivity index (χ0v) is 14.8. The van der Waals surface area contributed by atoms with Gasteiger partial charge in [0.1, 0.15) is 11.6 Å². The molecule has 0 amide bonds. The molecule has 1 fully saturated rings. The largest absolute Gasteiger partial charge is 0.506 e. The number of hydrogen-bond donors (Lipinski definition) is 4. The van der Waals surface area contributed by atoms with E-state index >= 15 is 0 Å². The zero-order valence-electron chi connectivity index (χ0n) is 14.8. The van der Waals surface area contributed by atoms with Crippen molar-refractivity contribution in [2.45, 2.75) is 19.3 Å². The molecule has 0 unspecified atom stereocenters. The summed E-state index contributed by atoms with van der Waals surface area (Å²) >= 11 is 0. The highest BCUT2D eigenvalue weighted by molar-refractivity contribution is 6.01. The number of dihydropyridines is 1. The van der Waals surface area contributed by atoms with Gasteiger partial charge >= 0.3 is 0 Å². The van der Waals surface area contributed by atoms with Gasteiger partial charge in [-0.15, -0.1) is 0 Å². The predicted octanol–water partition coefficient (Wildman–Crippen LogP) is 2.63. The summed E-state index contributed by atoms with van der Waals surface area (Å²) < 4.78 is 13.9. The summed E-state index contributed by atoms with van der Waals surface area (Å²) in [6.45, 7) is 6.80. The SMILES string of the molecule is C1CCNC1.C=N/C=C\N=C1CC=C(CNC2=CNCC=C2O)C=C1F. The Balaban J connectivity index is 0.000000417. The Labute approximate surface area is 153 Å². The van der Waals surface area contributed by atoms with E-state index in [1.807, 2.05) is 6.08 Å². The van der Waals surface area contributed by atoms with E-state index in [4.69, 9.17) is 0 Å². The first-order chi connectivity index (χ1) is 12.7. The molecule has 3 aliphatic rings. The maximum atomic E-state index is 13.9. The standard InChI is InChI=1S/C15H17FN4O.C4H9N/c1-17-6-7-19-13-3-2-11(8-12(13)16)9-20-14-10-18-5-4-15(14)21;1-2-4-5-3-1/h2,4,6-8,10,18,20-21H,1,3,5,9H2;5H,1-4H2/b7-6-,19-13?;. The molecule has 0 bridgehead atoms. The van der Waals surface area contributed by atoms with Crippen molar-refractivity contribution in [3.05, 3.63) is 59.7 Å². The minimum atomic E-state index is -0.362. The Morgan fingerprint density at radius 1 is 1.27 bits per heavy atom. The predicted molar refractivity (Wildman–Crippen MR) is 105 cm³/mol. The molecule has 0 saturated carbocycles. The molecule has 0 aromatic carbocycles. The molecule has 0 atom stereocenters. The summed E-state index contributed by atoms with van der Waals surface area (Å²) in [4.78, 5) is 7.48. The van der Waals surface area contributed by atoms with E-state index in [0.717, 1.165) is 5.57 Å². The fraction of sp³-hybridized carbons (Fsp3) is 0.368. The summed E-state index contributed by atoms with van der Waals surface area (Å²) in [6, 6.07) is 0. The van der Waals surface area contributed by atoms with Gasteiger partial charge in [-0.2, -0.15) is 0 Å². The van der Waals surface area contributed by atoms with Crippen LogP contribution in [0, 0.1) is 0 Å². The Hall–Kier alpha value is -2.67. The molecule has 2 heterocycles. The molecule has 0 spiro atoms. The van der Waals surface area contributed by atoms with Gasteiger partial charge in [-0.1, -0.05) is 6.08 Å². The molecule has 0 aromatic heterocycles. The molecule has 2 aliphatic heterocycles. The first-order valence-corrected chi connectivity index (χ1v) is 8.72. The Morgan fingerprint density at radius 2 is 2.08 bits per heavy atom. The van der Waals surface area contributed by atoms with E-state index in [-0.39, 0.29) is 11.6 Å². The van der Waals surface area contributed by atoms with Crippen LogP contribution in [0.3, 0.4) is 0 Å². The Bertz CT molecular complexity index is 662. The van der Waals surface area contributed by atoms with Gasteiger partial charge in [0.15, 0.2) is 0 Å². The van der Waals surface area contributed by atoms with E-state index < -0.39 is 0 Å². The normalized spacial score (nSPS) is 21.0. The van der Waals surface area contributed by atoms with Crippen LogP contribution in [0.5, 0.6) is 0 Å². The van der Waals surface area contributed by atoms with Crippen LogP contribution in [0.25, 0.3) is 0 Å². The number of halogens is 1. The van der Waals surface area contributed by atoms with Gasteiger partial charge in [-0.05, 0) is 50.4 Å². The lowest BCUT2D eigenvalue weighted by molar-refractivity contribution is 0.408. The second kappa shape index (κ2) is 11.0. The summed E-state index contributed by atoms with van der Waals surface area (Å²) in [5.74, 6) is -0.169. The van der Waals surface area contributed by atoms with Crippen molar-refractivity contribution in [3.63, 3.8) is 0 Å². The van der Waals surface area contributed by atoms with Crippen LogP contribution in [0.1, 0.15) is 19.3 Å². The molecular formula is C19H26FN5O. The van der Waals surface area contributed by atoms with Gasteiger partial charge < -0.3 is 21.1 Å². The van der Waals surface area contributed by atoms with E-state index in [9.17, 15) is 9.50 Å². The fourth-order valence-electron chi connectivity index (χ4n) is 2.50. The number of aliphatic hydroxyl groups excluding tert-OH is 1. The average Bonchev–Trinajstić information content (AvgIpc) is 3.23. The van der Waals surface area contributed by atoms with Crippen molar-refractivity contribution in [2.75, 3.05) is 26.2 Å². The van der Waals surface area contributed by atoms with Crippen LogP contribution in [-0.2, 0) is 0 Å². The van der Waals surface area contributed by atoms with Crippen molar-refractivity contribution in [1.82, 2.24) is 16.0 Å². The number of hydrogen-bond acceptors (Lipinski definition) is 6. The lowest BCUT2D eigenvalue weighted by Crippen LogP contribution is -2.24. The first kappa shape index (κ1) is 19.7. The highest BCUT2D eigenvalue weighted by Gasteiger charge is 2.13. The minimum absolute atomic E-state index is 0.193. The lowest BCUT2D eigenvalue weighted by Gasteiger charge is -2.16. The van der Waals surface area contributed by atoms with Crippen molar-refractivity contribution >= 4 is 12.4 Å². The molecule has 1 saturated heterocycles. The summed E-state index contributed by atoms with van der Waals surface area (Å²) in [6.07, 6.45) is 12.7. The van der Waals surface area contributed by atoms with Crippen LogP contribution in [0.2, 0.25) is 0 Å². The van der Waals surface area contributed by atoms with E-state index in [1.165, 1.54) is 44.4 Å². The van der Waals surface area contributed by atoms with Gasteiger partial charge in [-0.25, -0.2) is 4.39 Å². The van der Waals surface area contributed by atoms with Gasteiger partial charge in [0.05, 0.1) is 11.4 Å². The Morgan fingerprint density at radius 3 is 2.69 bits per heavy atom. The molecule has 1 aliphatic carbocycles. The summed E-state index contributed by atoms with van der Waals surface area (Å²) in [5.41, 5.74) is 1.76. The van der Waals surface area contributed by atoms with Gasteiger partial charge in [0, 0.05) is 38.1 Å². The smallest absolute Gasteiger partial charge is 0.145 e. The molecule has 26 heavy (non-hydrogen) atoms. The molecule has 140 valence electrons. The number of nitrogens with zero attached hydrogens (tertiary/aromatic N) is 2. The quantitative estimate of drug-likeness (QED) is 0.569. The maximum absolute atomic E-state index is 13.9. The average molecular weight is 359 g/mol. The highest BCUT2D eigenvalue weighted by Crippen LogP contribution is 2.17. The molecule has 0 aromatic rings. The summed E-state index contributed by atoms with van der Waals surface area (Å²) in [7, 11) is 0. The van der Waals surface area contributed by atoms with Crippen LogP contribution in [0.15, 0.2) is 69.7 Å². The number of aliphatic imine (C=N–C) groups is 2. The molecule has 3 rings (SSSR count). The second-order valence-corrected chi connectivity index (χ2v) is 5.90. The topological polar surface area (TPSA) is 81.0 Å². The Kier molecular flexibility index (Phi) is 8.35. The maximum Gasteiger partial charge on any atom is 0.145 e.